The van der Waals surface area contributed by atoms with Gasteiger partial charge in [-0.15, -0.1) is 0 Å². The highest BCUT2D eigenvalue weighted by molar-refractivity contribution is 9.11. The molecule has 0 saturated heterocycles. The van der Waals surface area contributed by atoms with Crippen LogP contribution in [0.4, 0.5) is 0 Å². The molecule has 2 nitrogen and oxygen atoms in total. The Kier molecular flexibility index (Phi) is 7.84. The molecule has 102 valence electrons. The maximum atomic E-state index is 5.79. The van der Waals surface area contributed by atoms with E-state index in [2.05, 4.69) is 67.0 Å². The molecular weight excluding hydrogens is 426 g/mol. The number of hydrogen-bond acceptors (Lipinski definition) is 2. The van der Waals surface area contributed by atoms with Gasteiger partial charge in [0, 0.05) is 10.5 Å². The smallest absolute Gasteiger partial charge is 0.147 e. The third kappa shape index (κ3) is 6.04. The van der Waals surface area contributed by atoms with Crippen LogP contribution in [0.15, 0.2) is 25.6 Å². The second-order valence-electron chi connectivity index (χ2n) is 4.36. The Morgan fingerprint density at radius 2 is 1.72 bits per heavy atom. The molecule has 0 fully saturated rings. The third-order valence-electron chi connectivity index (χ3n) is 2.33. The average molecular weight is 444 g/mol. The molecule has 1 aromatic rings. The van der Waals surface area contributed by atoms with Crippen LogP contribution in [-0.2, 0) is 0 Å². The normalized spacial score (nSPS) is 11.0. The Morgan fingerprint density at radius 3 is 2.28 bits per heavy atom. The van der Waals surface area contributed by atoms with Crippen molar-refractivity contribution in [1.29, 1.82) is 0 Å². The number of ether oxygens (including phenoxy) is 1. The van der Waals surface area contributed by atoms with Crippen molar-refractivity contribution in [3.8, 4) is 5.75 Å². The maximum Gasteiger partial charge on any atom is 0.147 e. The molecule has 0 heterocycles. The fraction of sp³-hybridized carbons (Fsp3) is 0.538. The van der Waals surface area contributed by atoms with Crippen LogP contribution in [-0.4, -0.2) is 19.2 Å². The van der Waals surface area contributed by atoms with Crippen molar-refractivity contribution in [2.24, 2.45) is 0 Å². The molecule has 0 unspecified atom stereocenters. The van der Waals surface area contributed by atoms with E-state index >= 15 is 0 Å². The summed E-state index contributed by atoms with van der Waals surface area (Å²) in [5, 5.41) is 3.39. The molecule has 0 amide bonds. The number of rotatable bonds is 7. The van der Waals surface area contributed by atoms with E-state index in [1.807, 2.05) is 12.1 Å². The van der Waals surface area contributed by atoms with Gasteiger partial charge in [0.05, 0.1) is 15.6 Å². The first-order chi connectivity index (χ1) is 8.50. The van der Waals surface area contributed by atoms with Gasteiger partial charge in [-0.2, -0.15) is 0 Å². The molecule has 0 aliphatic heterocycles. The predicted molar refractivity (Wildman–Crippen MR) is 87.4 cm³/mol. The topological polar surface area (TPSA) is 21.3 Å². The lowest BCUT2D eigenvalue weighted by Gasteiger charge is -2.11. The molecule has 0 radical (unpaired) electrons. The fourth-order valence-electron chi connectivity index (χ4n) is 1.46. The van der Waals surface area contributed by atoms with Gasteiger partial charge in [-0.1, -0.05) is 29.8 Å². The van der Waals surface area contributed by atoms with Crippen LogP contribution in [0.1, 0.15) is 26.7 Å². The van der Waals surface area contributed by atoms with E-state index in [0.717, 1.165) is 45.2 Å². The summed E-state index contributed by atoms with van der Waals surface area (Å²) >= 11 is 10.4. The number of nitrogens with one attached hydrogen (secondary N) is 1. The first-order valence-electron chi connectivity index (χ1n) is 6.01. The molecule has 0 atom stereocenters. The summed E-state index contributed by atoms with van der Waals surface area (Å²) in [5.74, 6) is 0.870. The Balaban J connectivity index is 2.31. The van der Waals surface area contributed by atoms with Gasteiger partial charge in [0.15, 0.2) is 0 Å². The van der Waals surface area contributed by atoms with Crippen molar-refractivity contribution < 1.29 is 4.74 Å². The first kappa shape index (κ1) is 16.5. The first-order valence-corrected chi connectivity index (χ1v) is 8.39. The lowest BCUT2D eigenvalue weighted by Crippen LogP contribution is -2.23. The van der Waals surface area contributed by atoms with Crippen molar-refractivity contribution in [2.75, 3.05) is 13.2 Å². The second kappa shape index (κ2) is 8.56. The van der Waals surface area contributed by atoms with Crippen LogP contribution < -0.4 is 10.1 Å². The Morgan fingerprint density at radius 1 is 1.11 bits per heavy atom. The molecule has 1 N–H and O–H groups in total. The van der Waals surface area contributed by atoms with Crippen LogP contribution in [0, 0.1) is 0 Å². The van der Waals surface area contributed by atoms with Crippen molar-refractivity contribution in [2.45, 2.75) is 32.7 Å². The van der Waals surface area contributed by atoms with Crippen molar-refractivity contribution in [3.05, 3.63) is 25.6 Å². The summed E-state index contributed by atoms with van der Waals surface area (Å²) in [7, 11) is 0. The van der Waals surface area contributed by atoms with Gasteiger partial charge in [-0.3, -0.25) is 0 Å². The largest absolute Gasteiger partial charge is 0.491 e. The predicted octanol–water partition coefficient (Wildman–Crippen LogP) is 5.13. The van der Waals surface area contributed by atoms with Crippen LogP contribution >= 0.6 is 47.8 Å². The Bertz CT molecular complexity index is 359. The van der Waals surface area contributed by atoms with E-state index in [9.17, 15) is 0 Å². The third-order valence-corrected chi connectivity index (χ3v) is 3.97. The van der Waals surface area contributed by atoms with Gasteiger partial charge in [0.1, 0.15) is 5.75 Å². The van der Waals surface area contributed by atoms with Gasteiger partial charge in [0.25, 0.3) is 0 Å². The van der Waals surface area contributed by atoms with Gasteiger partial charge in [0.2, 0.25) is 0 Å². The van der Waals surface area contributed by atoms with E-state index in [-0.39, 0.29) is 0 Å². The van der Waals surface area contributed by atoms with E-state index in [1.165, 1.54) is 0 Å². The SMILES string of the molecule is CC(C)NCCCCOc1c(Br)cc(Br)cc1Br. The summed E-state index contributed by atoms with van der Waals surface area (Å²) in [5.41, 5.74) is 0. The van der Waals surface area contributed by atoms with Gasteiger partial charge >= 0.3 is 0 Å². The second-order valence-corrected chi connectivity index (χ2v) is 6.99. The van der Waals surface area contributed by atoms with Crippen LogP contribution in [0.5, 0.6) is 5.75 Å². The van der Waals surface area contributed by atoms with E-state index in [0.29, 0.717) is 6.04 Å². The van der Waals surface area contributed by atoms with Crippen molar-refractivity contribution in [1.82, 2.24) is 5.32 Å². The lowest BCUT2D eigenvalue weighted by molar-refractivity contribution is 0.301. The molecule has 0 aliphatic carbocycles. The highest BCUT2D eigenvalue weighted by Gasteiger charge is 2.07. The molecule has 5 heteroatoms. The standard InChI is InChI=1S/C13H18Br3NO/c1-9(2)17-5-3-4-6-18-13-11(15)7-10(14)8-12(13)16/h7-9,17H,3-6H2,1-2H3. The molecule has 0 bridgehead atoms. The van der Waals surface area contributed by atoms with Crippen molar-refractivity contribution >= 4 is 47.8 Å². The van der Waals surface area contributed by atoms with Crippen LogP contribution in [0.2, 0.25) is 0 Å². The fourth-order valence-corrected chi connectivity index (χ4v) is 3.95. The van der Waals surface area contributed by atoms with Gasteiger partial charge in [-0.05, 0) is 63.4 Å². The van der Waals surface area contributed by atoms with E-state index in [1.54, 1.807) is 0 Å². The zero-order chi connectivity index (χ0) is 13.5. The maximum absolute atomic E-state index is 5.79. The lowest BCUT2D eigenvalue weighted by atomic mass is 10.3. The number of hydrogen-bond donors (Lipinski definition) is 1. The molecule has 0 aromatic heterocycles. The van der Waals surface area contributed by atoms with Gasteiger partial charge in [-0.25, -0.2) is 0 Å². The van der Waals surface area contributed by atoms with E-state index in [4.69, 9.17) is 4.74 Å². The minimum atomic E-state index is 0.556. The van der Waals surface area contributed by atoms with Crippen LogP contribution in [0.25, 0.3) is 0 Å². The highest BCUT2D eigenvalue weighted by atomic mass is 79.9. The molecular formula is C13H18Br3NO. The molecule has 1 rings (SSSR count). The monoisotopic (exact) mass is 441 g/mol. The molecule has 0 spiro atoms. The highest BCUT2D eigenvalue weighted by Crippen LogP contribution is 2.36. The summed E-state index contributed by atoms with van der Waals surface area (Å²) < 4.78 is 8.73. The summed E-state index contributed by atoms with van der Waals surface area (Å²) in [6, 6.07) is 4.53. The molecule has 18 heavy (non-hydrogen) atoms. The van der Waals surface area contributed by atoms with Crippen molar-refractivity contribution in [3.63, 3.8) is 0 Å². The quantitative estimate of drug-likeness (QED) is 0.590. The number of benzene rings is 1. The summed E-state index contributed by atoms with van der Waals surface area (Å²) in [4.78, 5) is 0. The average Bonchev–Trinajstić information content (AvgIpc) is 2.25. The summed E-state index contributed by atoms with van der Waals surface area (Å²) in [6.45, 7) is 6.10. The Labute approximate surface area is 134 Å². The van der Waals surface area contributed by atoms with Crippen LogP contribution in [0.3, 0.4) is 0 Å². The molecule has 0 aliphatic rings. The zero-order valence-electron chi connectivity index (χ0n) is 10.6. The molecule has 0 saturated carbocycles. The zero-order valence-corrected chi connectivity index (χ0v) is 15.4. The minimum absolute atomic E-state index is 0.556. The Hall–Kier alpha value is 0.420. The molecule has 1 aromatic carbocycles. The van der Waals surface area contributed by atoms with E-state index < -0.39 is 0 Å². The number of halogens is 3. The van der Waals surface area contributed by atoms with Gasteiger partial charge < -0.3 is 10.1 Å². The summed E-state index contributed by atoms with van der Waals surface area (Å²) in [6.07, 6.45) is 2.18. The minimum Gasteiger partial charge on any atom is -0.491 e. The number of unbranched alkanes of at least 4 members (excludes halogenated alkanes) is 1.